The average molecular weight is 260 g/mol. The fourth-order valence-electron chi connectivity index (χ4n) is 2.33. The minimum Gasteiger partial charge on any atom is -0.440 e. The molecule has 0 fully saturated rings. The number of nitrogens with one attached hydrogen (secondary N) is 1. The van der Waals surface area contributed by atoms with Crippen LogP contribution in [0.25, 0.3) is 11.1 Å². The molecule has 0 spiro atoms. The molecule has 2 rings (SSSR count). The average Bonchev–Trinajstić information content (AvgIpc) is 2.70. The van der Waals surface area contributed by atoms with Gasteiger partial charge < -0.3 is 9.73 Å². The van der Waals surface area contributed by atoms with Crippen molar-refractivity contribution in [2.45, 2.75) is 53.0 Å². The van der Waals surface area contributed by atoms with Gasteiger partial charge >= 0.3 is 0 Å². The second-order valence-corrected chi connectivity index (χ2v) is 6.06. The largest absolute Gasteiger partial charge is 0.440 e. The van der Waals surface area contributed by atoms with Crippen molar-refractivity contribution in [2.75, 3.05) is 5.32 Å². The summed E-state index contributed by atoms with van der Waals surface area (Å²) in [4.78, 5) is 4.53. The van der Waals surface area contributed by atoms with Crippen molar-refractivity contribution in [3.63, 3.8) is 0 Å². The van der Waals surface area contributed by atoms with Gasteiger partial charge in [0.25, 0.3) is 0 Å². The summed E-state index contributed by atoms with van der Waals surface area (Å²) >= 11 is 0. The van der Waals surface area contributed by atoms with Crippen LogP contribution in [-0.2, 0) is 0 Å². The van der Waals surface area contributed by atoms with Gasteiger partial charge in [-0.05, 0) is 37.5 Å². The lowest BCUT2D eigenvalue weighted by atomic mass is 10.1. The maximum absolute atomic E-state index is 5.72. The highest BCUT2D eigenvalue weighted by Crippen LogP contribution is 2.24. The molecule has 0 saturated heterocycles. The molecule has 3 nitrogen and oxygen atoms in total. The predicted octanol–water partition coefficient (Wildman–Crippen LogP) is 4.80. The third-order valence-corrected chi connectivity index (χ3v) is 3.14. The number of nitrogens with zero attached hydrogens (tertiary/aromatic N) is 1. The van der Waals surface area contributed by atoms with Crippen LogP contribution in [0, 0.1) is 5.92 Å². The lowest BCUT2D eigenvalue weighted by molar-refractivity contribution is 0.501. The van der Waals surface area contributed by atoms with Gasteiger partial charge in [-0.15, -0.1) is 0 Å². The first-order chi connectivity index (χ1) is 8.95. The smallest absolute Gasteiger partial charge is 0.198 e. The Hall–Kier alpha value is -1.51. The van der Waals surface area contributed by atoms with Crippen molar-refractivity contribution < 1.29 is 4.42 Å². The first-order valence-corrected chi connectivity index (χ1v) is 7.12. The Morgan fingerprint density at radius 3 is 2.53 bits per heavy atom. The molecular formula is C16H24N2O. The van der Waals surface area contributed by atoms with Crippen LogP contribution in [0.4, 0.5) is 5.69 Å². The van der Waals surface area contributed by atoms with Gasteiger partial charge in [0.1, 0.15) is 5.52 Å². The quantitative estimate of drug-likeness (QED) is 0.839. The number of hydrogen-bond acceptors (Lipinski definition) is 3. The van der Waals surface area contributed by atoms with Crippen molar-refractivity contribution in [1.29, 1.82) is 0 Å². The van der Waals surface area contributed by atoms with Gasteiger partial charge in [-0.2, -0.15) is 0 Å². The van der Waals surface area contributed by atoms with E-state index in [0.29, 0.717) is 17.9 Å². The van der Waals surface area contributed by atoms with E-state index in [0.717, 1.165) is 29.1 Å². The van der Waals surface area contributed by atoms with E-state index in [1.807, 2.05) is 6.07 Å². The van der Waals surface area contributed by atoms with Gasteiger partial charge in [-0.1, -0.05) is 27.7 Å². The Bertz CT molecular complexity index is 543. The molecule has 1 atom stereocenters. The Morgan fingerprint density at radius 1 is 1.16 bits per heavy atom. The summed E-state index contributed by atoms with van der Waals surface area (Å²) in [6, 6.07) is 6.60. The molecule has 1 unspecified atom stereocenters. The number of hydrogen-bond donors (Lipinski definition) is 1. The monoisotopic (exact) mass is 260 g/mol. The van der Waals surface area contributed by atoms with Crippen molar-refractivity contribution in [2.24, 2.45) is 5.92 Å². The molecule has 0 aliphatic rings. The zero-order chi connectivity index (χ0) is 14.0. The Morgan fingerprint density at radius 2 is 1.89 bits per heavy atom. The predicted molar refractivity (Wildman–Crippen MR) is 80.6 cm³/mol. The summed E-state index contributed by atoms with van der Waals surface area (Å²) in [5.74, 6) is 1.83. The molecule has 0 radical (unpaired) electrons. The van der Waals surface area contributed by atoms with Crippen LogP contribution in [0.5, 0.6) is 0 Å². The molecule has 0 amide bonds. The minimum absolute atomic E-state index is 0.323. The molecule has 0 saturated carbocycles. The summed E-state index contributed by atoms with van der Waals surface area (Å²) in [7, 11) is 0. The van der Waals surface area contributed by atoms with Crippen molar-refractivity contribution in [3.8, 4) is 0 Å². The number of fused-ring (bicyclic) bond motifs is 1. The van der Waals surface area contributed by atoms with E-state index in [2.05, 4.69) is 57.1 Å². The van der Waals surface area contributed by atoms with Crippen LogP contribution in [0.2, 0.25) is 0 Å². The zero-order valence-electron chi connectivity index (χ0n) is 12.5. The first kappa shape index (κ1) is 13.9. The van der Waals surface area contributed by atoms with E-state index in [1.165, 1.54) is 0 Å². The number of aromatic nitrogens is 1. The minimum atomic E-state index is 0.323. The van der Waals surface area contributed by atoms with Crippen molar-refractivity contribution in [3.05, 3.63) is 24.1 Å². The summed E-state index contributed by atoms with van der Waals surface area (Å²) < 4.78 is 5.72. The Labute approximate surface area is 115 Å². The molecule has 1 N–H and O–H groups in total. The van der Waals surface area contributed by atoms with Crippen LogP contribution in [0.3, 0.4) is 0 Å². The third-order valence-electron chi connectivity index (χ3n) is 3.14. The molecule has 0 aliphatic carbocycles. The topological polar surface area (TPSA) is 38.1 Å². The van der Waals surface area contributed by atoms with Gasteiger partial charge in [0, 0.05) is 17.6 Å². The lowest BCUT2D eigenvalue weighted by Gasteiger charge is -2.16. The second kappa shape index (κ2) is 5.64. The molecule has 0 bridgehead atoms. The van der Waals surface area contributed by atoms with Gasteiger partial charge in [0.15, 0.2) is 11.5 Å². The maximum Gasteiger partial charge on any atom is 0.198 e. The summed E-state index contributed by atoms with van der Waals surface area (Å²) in [6.07, 6.45) is 1.16. The molecular weight excluding hydrogens is 236 g/mol. The van der Waals surface area contributed by atoms with Gasteiger partial charge in [-0.3, -0.25) is 0 Å². The number of rotatable bonds is 5. The van der Waals surface area contributed by atoms with E-state index < -0.39 is 0 Å². The van der Waals surface area contributed by atoms with Gasteiger partial charge in [0.05, 0.1) is 0 Å². The number of anilines is 1. The van der Waals surface area contributed by atoms with E-state index in [1.54, 1.807) is 0 Å². The van der Waals surface area contributed by atoms with Crippen LogP contribution >= 0.6 is 0 Å². The highest BCUT2D eigenvalue weighted by atomic mass is 16.3. The van der Waals surface area contributed by atoms with Crippen LogP contribution in [0.15, 0.2) is 22.6 Å². The third kappa shape index (κ3) is 3.49. The van der Waals surface area contributed by atoms with E-state index in [9.17, 15) is 0 Å². The molecule has 3 heteroatoms. The molecule has 2 aromatic rings. The molecule has 1 aromatic carbocycles. The van der Waals surface area contributed by atoms with Crippen molar-refractivity contribution in [1.82, 2.24) is 4.98 Å². The van der Waals surface area contributed by atoms with Gasteiger partial charge in [-0.25, -0.2) is 4.98 Å². The normalized spacial score (nSPS) is 13.4. The fourth-order valence-corrected chi connectivity index (χ4v) is 2.33. The van der Waals surface area contributed by atoms with Crippen LogP contribution in [-0.4, -0.2) is 11.0 Å². The lowest BCUT2D eigenvalue weighted by Crippen LogP contribution is -2.17. The molecule has 19 heavy (non-hydrogen) atoms. The highest BCUT2D eigenvalue weighted by molar-refractivity contribution is 5.77. The zero-order valence-corrected chi connectivity index (χ0v) is 12.5. The van der Waals surface area contributed by atoms with Crippen LogP contribution < -0.4 is 5.32 Å². The fraction of sp³-hybridized carbons (Fsp3) is 0.562. The summed E-state index contributed by atoms with van der Waals surface area (Å²) in [5.41, 5.74) is 2.92. The second-order valence-electron chi connectivity index (χ2n) is 6.06. The van der Waals surface area contributed by atoms with E-state index >= 15 is 0 Å². The molecule has 0 aliphatic heterocycles. The first-order valence-electron chi connectivity index (χ1n) is 7.12. The Balaban J connectivity index is 2.16. The van der Waals surface area contributed by atoms with E-state index in [-0.39, 0.29) is 0 Å². The maximum atomic E-state index is 5.72. The van der Waals surface area contributed by atoms with Crippen molar-refractivity contribution >= 4 is 16.8 Å². The highest BCUT2D eigenvalue weighted by Gasteiger charge is 2.10. The van der Waals surface area contributed by atoms with Gasteiger partial charge in [0.2, 0.25) is 0 Å². The van der Waals surface area contributed by atoms with E-state index in [4.69, 9.17) is 4.42 Å². The molecule has 1 heterocycles. The summed E-state index contributed by atoms with van der Waals surface area (Å²) in [5, 5.41) is 3.52. The molecule has 1 aromatic heterocycles. The van der Waals surface area contributed by atoms with Crippen LogP contribution in [0.1, 0.15) is 52.8 Å². The Kier molecular flexibility index (Phi) is 4.13. The molecule has 104 valence electrons. The standard InChI is InChI=1S/C16H24N2O/c1-10(2)8-12(5)17-13-6-7-15-14(9-13)18-16(19-15)11(3)4/h6-7,9-12,17H,8H2,1-5H3. The SMILES string of the molecule is CC(C)CC(C)Nc1ccc2oc(C(C)C)nc2c1. The number of oxazole rings is 1. The summed E-state index contributed by atoms with van der Waals surface area (Å²) in [6.45, 7) is 10.9. The number of benzene rings is 1.